The van der Waals surface area contributed by atoms with Crippen LogP contribution in [0.5, 0.6) is 0 Å². The van der Waals surface area contributed by atoms with E-state index in [-0.39, 0.29) is 46.6 Å². The van der Waals surface area contributed by atoms with Gasteiger partial charge in [-0.15, -0.1) is 9.45 Å². The smallest absolute Gasteiger partial charge is 0.296 e. The highest BCUT2D eigenvalue weighted by molar-refractivity contribution is 7.91. The number of anilines is 2. The summed E-state index contributed by atoms with van der Waals surface area (Å²) in [5, 5.41) is 21.9. The van der Waals surface area contributed by atoms with Crippen LogP contribution in [0, 0.1) is 0 Å². The van der Waals surface area contributed by atoms with Crippen LogP contribution in [0.25, 0.3) is 0 Å². The number of nitrogens with two attached hydrogens (primary N) is 1. The lowest BCUT2D eigenvalue weighted by molar-refractivity contribution is -0.434. The van der Waals surface area contributed by atoms with Crippen LogP contribution in [0.4, 0.5) is 22.7 Å². The average molecular weight is 495 g/mol. The summed E-state index contributed by atoms with van der Waals surface area (Å²) in [5.41, 5.74) is 6.20. The molecule has 0 unspecified atom stereocenters. The Morgan fingerprint density at radius 2 is 1.81 bits per heavy atom. The van der Waals surface area contributed by atoms with Crippen molar-refractivity contribution >= 4 is 55.0 Å². The van der Waals surface area contributed by atoms with Gasteiger partial charge < -0.3 is 11.1 Å². The van der Waals surface area contributed by atoms with Crippen LogP contribution in [-0.4, -0.2) is 46.1 Å². The molecule has 0 radical (unpaired) electrons. The van der Waals surface area contributed by atoms with Gasteiger partial charge in [-0.3, -0.25) is 8.74 Å². The van der Waals surface area contributed by atoms with Gasteiger partial charge >= 0.3 is 0 Å². The Morgan fingerprint density at radius 3 is 2.39 bits per heavy atom. The number of benzene rings is 2. The lowest BCUT2D eigenvalue weighted by Crippen LogP contribution is -2.10. The molecular weight excluding hydrogens is 476 g/mol. The molecule has 0 aliphatic rings. The fourth-order valence-electron chi connectivity index (χ4n) is 2.25. The number of azo groups is 1. The van der Waals surface area contributed by atoms with Gasteiger partial charge in [-0.05, 0) is 36.4 Å². The van der Waals surface area contributed by atoms with Gasteiger partial charge in [-0.25, -0.2) is 13.7 Å². The van der Waals surface area contributed by atoms with Gasteiger partial charge in [0.25, 0.3) is 10.1 Å². The van der Waals surface area contributed by atoms with Crippen molar-refractivity contribution in [3.05, 3.63) is 36.4 Å². The van der Waals surface area contributed by atoms with E-state index in [4.69, 9.17) is 15.2 Å². The zero-order valence-corrected chi connectivity index (χ0v) is 18.3. The Kier molecular flexibility index (Phi) is 8.71. The van der Waals surface area contributed by atoms with Crippen molar-refractivity contribution in [3.63, 3.8) is 0 Å². The molecule has 0 saturated heterocycles. The fourth-order valence-corrected chi connectivity index (χ4v) is 4.28. The zero-order valence-electron chi connectivity index (χ0n) is 15.8. The van der Waals surface area contributed by atoms with Gasteiger partial charge in [-0.1, -0.05) is 5.04 Å². The number of nitrogens with zero attached hydrogens (tertiary/aromatic N) is 2. The van der Waals surface area contributed by atoms with Gasteiger partial charge in [0.05, 0.1) is 34.3 Å². The van der Waals surface area contributed by atoms with E-state index in [2.05, 4.69) is 24.9 Å². The van der Waals surface area contributed by atoms with Crippen LogP contribution in [-0.2, 0) is 33.5 Å². The minimum atomic E-state index is -4.56. The standard InChI is InChI=1S/C15H18N4O9S3/c1-17-13-8-12(16)15(31(23,24)25)9-14(13)19-18-10-2-4-11(5-3-10)30(21,22)7-6-26-29-28-27-20/h2-5,8-9,17,20H,6-7,16H2,1H3,(H,23,24,25). The topological polar surface area (TPSA) is 199 Å². The first-order chi connectivity index (χ1) is 14.6. The third-order valence-electron chi connectivity index (χ3n) is 3.69. The number of hydrogen-bond acceptors (Lipinski definition) is 13. The quantitative estimate of drug-likeness (QED) is 0.0678. The fraction of sp³-hybridized carbons (Fsp3) is 0.200. The van der Waals surface area contributed by atoms with Crippen LogP contribution in [0.15, 0.2) is 56.4 Å². The summed E-state index contributed by atoms with van der Waals surface area (Å²) >= 11 is 0.272. The molecule has 0 aromatic heterocycles. The van der Waals surface area contributed by atoms with Gasteiger partial charge in [0, 0.05) is 7.05 Å². The second-order valence-electron chi connectivity index (χ2n) is 5.68. The lowest BCUT2D eigenvalue weighted by atomic mass is 10.2. The predicted molar refractivity (Wildman–Crippen MR) is 111 cm³/mol. The van der Waals surface area contributed by atoms with E-state index in [0.717, 1.165) is 6.07 Å². The lowest BCUT2D eigenvalue weighted by Gasteiger charge is -2.09. The molecular formula is C15H18N4O9S3. The molecule has 0 heterocycles. The van der Waals surface area contributed by atoms with E-state index in [0.29, 0.717) is 5.69 Å². The van der Waals surface area contributed by atoms with Crippen molar-refractivity contribution in [1.29, 1.82) is 0 Å². The number of rotatable bonds is 11. The van der Waals surface area contributed by atoms with Gasteiger partial charge in [0.15, 0.2) is 22.2 Å². The summed E-state index contributed by atoms with van der Waals surface area (Å²) < 4.78 is 65.3. The van der Waals surface area contributed by atoms with Crippen LogP contribution >= 0.6 is 12.3 Å². The zero-order chi connectivity index (χ0) is 23.1. The Labute approximate surface area is 182 Å². The van der Waals surface area contributed by atoms with Crippen molar-refractivity contribution in [2.24, 2.45) is 10.2 Å². The molecule has 2 rings (SSSR count). The van der Waals surface area contributed by atoms with Crippen molar-refractivity contribution in [3.8, 4) is 0 Å². The normalized spacial score (nSPS) is 12.4. The van der Waals surface area contributed by atoms with E-state index in [1.807, 2.05) is 0 Å². The second-order valence-corrected chi connectivity index (χ2v) is 9.68. The summed E-state index contributed by atoms with van der Waals surface area (Å²) in [6.45, 7) is -0.224. The molecule has 2 aromatic carbocycles. The minimum Gasteiger partial charge on any atom is -0.398 e. The number of nitrogens with one attached hydrogen (secondary N) is 1. The van der Waals surface area contributed by atoms with E-state index in [1.54, 1.807) is 7.05 Å². The number of sulfone groups is 1. The van der Waals surface area contributed by atoms with Crippen molar-refractivity contribution in [2.45, 2.75) is 9.79 Å². The van der Waals surface area contributed by atoms with E-state index < -0.39 is 24.9 Å². The first kappa shape index (κ1) is 25.0. The highest BCUT2D eigenvalue weighted by Gasteiger charge is 2.18. The third-order valence-corrected chi connectivity index (χ3v) is 6.67. The molecule has 0 atom stereocenters. The summed E-state index contributed by atoms with van der Waals surface area (Å²) in [4.78, 5) is -0.505. The molecule has 0 bridgehead atoms. The molecule has 0 saturated carbocycles. The first-order valence-corrected chi connectivity index (χ1v) is 11.9. The minimum absolute atomic E-state index is 0.0106. The molecule has 0 fully saturated rings. The monoisotopic (exact) mass is 494 g/mol. The third kappa shape index (κ3) is 7.11. The van der Waals surface area contributed by atoms with Crippen molar-refractivity contribution in [2.75, 3.05) is 30.5 Å². The predicted octanol–water partition coefficient (Wildman–Crippen LogP) is 2.75. The number of hydrogen-bond donors (Lipinski definition) is 4. The highest BCUT2D eigenvalue weighted by Crippen LogP contribution is 2.33. The summed E-state index contributed by atoms with van der Waals surface area (Å²) in [5.74, 6) is -0.356. The molecule has 5 N–H and O–H groups in total. The largest absolute Gasteiger partial charge is 0.398 e. The first-order valence-electron chi connectivity index (χ1n) is 8.18. The van der Waals surface area contributed by atoms with Crippen molar-refractivity contribution in [1.82, 2.24) is 0 Å². The van der Waals surface area contributed by atoms with Crippen LogP contribution in [0.1, 0.15) is 0 Å². The molecule has 0 amide bonds. The van der Waals surface area contributed by atoms with Gasteiger partial charge in [0.2, 0.25) is 0 Å². The second kappa shape index (κ2) is 10.8. The molecule has 31 heavy (non-hydrogen) atoms. The van der Waals surface area contributed by atoms with Crippen LogP contribution in [0.3, 0.4) is 0 Å². The van der Waals surface area contributed by atoms with Gasteiger partial charge in [0.1, 0.15) is 10.6 Å². The van der Waals surface area contributed by atoms with E-state index in [1.165, 1.54) is 30.3 Å². The Morgan fingerprint density at radius 1 is 1.13 bits per heavy atom. The Hall–Kier alpha value is -2.31. The van der Waals surface area contributed by atoms with Crippen LogP contribution in [0.2, 0.25) is 0 Å². The molecule has 13 nitrogen and oxygen atoms in total. The number of nitrogen functional groups attached to an aromatic ring is 1. The molecule has 170 valence electrons. The molecule has 2 aromatic rings. The molecule has 0 aliphatic carbocycles. The Balaban J connectivity index is 2.18. The van der Waals surface area contributed by atoms with Crippen LogP contribution < -0.4 is 11.1 Å². The maximum absolute atomic E-state index is 12.2. The molecule has 0 aliphatic heterocycles. The maximum atomic E-state index is 12.2. The summed E-state index contributed by atoms with van der Waals surface area (Å²) in [7, 11) is -6.65. The average Bonchev–Trinajstić information content (AvgIpc) is 2.71. The molecule has 16 heteroatoms. The van der Waals surface area contributed by atoms with Crippen molar-refractivity contribution < 1.29 is 40.2 Å². The van der Waals surface area contributed by atoms with E-state index in [9.17, 15) is 21.4 Å². The van der Waals surface area contributed by atoms with E-state index >= 15 is 0 Å². The SMILES string of the molecule is CNc1cc(N)c(S(=O)(=O)O)cc1N=Nc1ccc(S(=O)(=O)CCOSOOO)cc1. The summed E-state index contributed by atoms with van der Waals surface area (Å²) in [6, 6.07) is 7.77. The Bertz CT molecular complexity index is 1140. The van der Waals surface area contributed by atoms with Gasteiger partial charge in [-0.2, -0.15) is 13.5 Å². The maximum Gasteiger partial charge on any atom is 0.296 e. The summed E-state index contributed by atoms with van der Waals surface area (Å²) in [6.07, 6.45) is 0. The molecule has 0 spiro atoms. The highest BCUT2D eigenvalue weighted by atomic mass is 32.2.